The van der Waals surface area contributed by atoms with E-state index in [-0.39, 0.29) is 0 Å². The van der Waals surface area contributed by atoms with Crippen LogP contribution in [0.3, 0.4) is 0 Å². The van der Waals surface area contributed by atoms with Crippen molar-refractivity contribution >= 4 is 10.9 Å². The highest BCUT2D eigenvalue weighted by atomic mass is 32.2. The van der Waals surface area contributed by atoms with Crippen LogP contribution in [0.5, 0.6) is 0 Å². The molecule has 3 heteroatoms. The molecule has 1 atom stereocenters. The predicted molar refractivity (Wildman–Crippen MR) is 38.9 cm³/mol. The van der Waals surface area contributed by atoms with E-state index in [1.54, 1.807) is 6.07 Å². The Bertz CT molecular complexity index is 180. The van der Waals surface area contributed by atoms with E-state index in [2.05, 4.69) is 0 Å². The highest BCUT2D eigenvalue weighted by Crippen LogP contribution is 2.36. The van der Waals surface area contributed by atoms with Crippen molar-refractivity contribution in [3.05, 3.63) is 23.0 Å². The Morgan fingerprint density at radius 3 is 2.44 bits per heavy atom. The molecule has 2 nitrogen and oxygen atoms in total. The van der Waals surface area contributed by atoms with E-state index in [1.807, 2.05) is 23.0 Å². The topological polar surface area (TPSA) is 44.0 Å². The van der Waals surface area contributed by atoms with Gasteiger partial charge in [-0.2, -0.15) is 16.2 Å². The minimum Gasteiger partial charge on any atom is -0.370 e. The third kappa shape index (κ3) is 1.35. The number of allylic oxidation sites excluding steroid dienone is 2. The van der Waals surface area contributed by atoms with Crippen molar-refractivity contribution in [2.75, 3.05) is 0 Å². The first-order valence-electron chi connectivity index (χ1n) is 2.55. The van der Waals surface area contributed by atoms with Crippen molar-refractivity contribution in [3.8, 4) is 6.07 Å². The second kappa shape index (κ2) is 2.72. The third-order valence-corrected chi connectivity index (χ3v) is 2.74. The summed E-state index contributed by atoms with van der Waals surface area (Å²) in [5.41, 5.74) is -0.810. The van der Waals surface area contributed by atoms with Crippen LogP contribution in [0.2, 0.25) is 0 Å². The minimum atomic E-state index is -0.810. The third-order valence-electron chi connectivity index (χ3n) is 1.03. The number of rotatable bonds is 1. The maximum Gasteiger partial charge on any atom is 0.176 e. The van der Waals surface area contributed by atoms with Gasteiger partial charge in [0.2, 0.25) is 0 Å². The lowest BCUT2D eigenvalue weighted by Gasteiger charge is -2.08. The number of hydrogen-bond donors (Lipinski definition) is 2. The zero-order valence-corrected chi connectivity index (χ0v) is 5.62. The molecule has 1 rings (SSSR count). The molecule has 0 fully saturated rings. The molecule has 1 aliphatic rings. The summed E-state index contributed by atoms with van der Waals surface area (Å²) in [6.07, 6.45) is 3.71. The summed E-state index contributed by atoms with van der Waals surface area (Å²) >= 11 is 0. The molecular weight excluding hydrogens is 134 g/mol. The Kier molecular flexibility index (Phi) is 1.93. The number of nitrogens with zero attached hydrogens (tertiary/aromatic N) is 1. The molecule has 0 aromatic carbocycles. The number of thiol groups is 1. The second-order valence-corrected chi connectivity index (χ2v) is 3.61. The zero-order valence-electron chi connectivity index (χ0n) is 4.73. The van der Waals surface area contributed by atoms with Gasteiger partial charge in [0.1, 0.15) is 6.07 Å². The fourth-order valence-electron chi connectivity index (χ4n) is 0.578. The lowest BCUT2D eigenvalue weighted by Crippen LogP contribution is -1.97. The lowest BCUT2D eigenvalue weighted by molar-refractivity contribution is 0.315. The molecule has 0 saturated carbocycles. The molecule has 0 spiro atoms. The van der Waals surface area contributed by atoms with Crippen molar-refractivity contribution in [3.63, 3.8) is 0 Å². The Morgan fingerprint density at radius 2 is 2.00 bits per heavy atom. The lowest BCUT2D eigenvalue weighted by atomic mass is 10.6. The van der Waals surface area contributed by atoms with Crippen LogP contribution in [-0.4, -0.2) is 10.5 Å². The van der Waals surface area contributed by atoms with E-state index in [0.29, 0.717) is 0 Å². The van der Waals surface area contributed by atoms with Crippen LogP contribution in [0, 0.1) is 11.3 Å². The molecule has 0 radical (unpaired) electrons. The van der Waals surface area contributed by atoms with Gasteiger partial charge in [0.15, 0.2) is 5.44 Å². The molecule has 0 amide bonds. The molecule has 0 bridgehead atoms. The number of nitriles is 1. The fourth-order valence-corrected chi connectivity index (χ4v) is 1.73. The first-order valence-corrected chi connectivity index (χ1v) is 4.09. The molecule has 1 aliphatic heterocycles. The summed E-state index contributed by atoms with van der Waals surface area (Å²) < 4.78 is 0. The van der Waals surface area contributed by atoms with Crippen LogP contribution in [-0.2, 0) is 0 Å². The molecule has 0 aromatic heterocycles. The largest absolute Gasteiger partial charge is 0.370 e. The summed E-state index contributed by atoms with van der Waals surface area (Å²) in [6.45, 7) is 0. The van der Waals surface area contributed by atoms with E-state index in [0.717, 1.165) is 0 Å². The smallest absolute Gasteiger partial charge is 0.176 e. The minimum absolute atomic E-state index is 0.673. The average Bonchev–Trinajstić information content (AvgIpc) is 2.37. The van der Waals surface area contributed by atoms with Crippen LogP contribution in [0.25, 0.3) is 0 Å². The predicted octanol–water partition coefficient (Wildman–Crippen LogP) is 0.871. The van der Waals surface area contributed by atoms with Gasteiger partial charge in [0.25, 0.3) is 0 Å². The van der Waals surface area contributed by atoms with Crippen molar-refractivity contribution in [2.45, 2.75) is 5.44 Å². The first kappa shape index (κ1) is 6.40. The van der Waals surface area contributed by atoms with E-state index >= 15 is 0 Å². The van der Waals surface area contributed by atoms with Gasteiger partial charge in [-0.15, -0.1) is 0 Å². The Morgan fingerprint density at radius 1 is 1.44 bits per heavy atom. The van der Waals surface area contributed by atoms with Gasteiger partial charge in [0, 0.05) is 0 Å². The molecule has 0 aliphatic carbocycles. The maximum atomic E-state index is 8.92. The summed E-state index contributed by atoms with van der Waals surface area (Å²) in [4.78, 5) is 0. The van der Waals surface area contributed by atoms with Crippen molar-refractivity contribution in [2.24, 2.45) is 0 Å². The standard InChI is InChI=1S/C6H7NOS/c7-5-6(8)9-3-1-2-4-9/h1-4,6,8-9H. The SMILES string of the molecule is N#CC(O)[SH]1C=CC=C1. The Labute approximate surface area is 56.5 Å². The van der Waals surface area contributed by atoms with E-state index in [9.17, 15) is 0 Å². The molecule has 1 heterocycles. The van der Waals surface area contributed by atoms with Crippen molar-refractivity contribution < 1.29 is 5.11 Å². The first-order chi connectivity index (χ1) is 4.34. The van der Waals surface area contributed by atoms with E-state index < -0.39 is 16.3 Å². The molecule has 48 valence electrons. The summed E-state index contributed by atoms with van der Waals surface area (Å²) in [5.74, 6) is 0. The van der Waals surface area contributed by atoms with Crippen LogP contribution in [0.15, 0.2) is 23.0 Å². The zero-order chi connectivity index (χ0) is 6.69. The number of aliphatic hydroxyl groups is 1. The van der Waals surface area contributed by atoms with Crippen molar-refractivity contribution in [1.82, 2.24) is 0 Å². The fraction of sp³-hybridized carbons (Fsp3) is 0.167. The highest BCUT2D eigenvalue weighted by molar-refractivity contribution is 8.22. The number of aliphatic hydroxyl groups excluding tert-OH is 1. The molecule has 0 aromatic rings. The quantitative estimate of drug-likeness (QED) is 0.420. The van der Waals surface area contributed by atoms with Crippen LogP contribution in [0.4, 0.5) is 0 Å². The average molecular weight is 141 g/mol. The molecule has 1 unspecified atom stereocenters. The van der Waals surface area contributed by atoms with Gasteiger partial charge in [-0.25, -0.2) is 0 Å². The molecule has 0 saturated heterocycles. The van der Waals surface area contributed by atoms with Gasteiger partial charge in [0.05, 0.1) is 0 Å². The normalized spacial score (nSPS) is 22.0. The van der Waals surface area contributed by atoms with Gasteiger partial charge >= 0.3 is 0 Å². The number of hydrogen-bond acceptors (Lipinski definition) is 2. The summed E-state index contributed by atoms with van der Waals surface area (Å²) in [6, 6.07) is 1.79. The molecular formula is C6H7NOS. The summed E-state index contributed by atoms with van der Waals surface area (Å²) in [5, 5.41) is 20.9. The summed E-state index contributed by atoms with van der Waals surface area (Å²) in [7, 11) is -0.673. The van der Waals surface area contributed by atoms with E-state index in [4.69, 9.17) is 10.4 Å². The molecule has 1 N–H and O–H groups in total. The van der Waals surface area contributed by atoms with Crippen LogP contribution < -0.4 is 0 Å². The van der Waals surface area contributed by atoms with Crippen molar-refractivity contribution in [1.29, 1.82) is 5.26 Å². The van der Waals surface area contributed by atoms with Gasteiger partial charge in [-0.05, 0) is 10.8 Å². The Balaban J connectivity index is 2.56. The van der Waals surface area contributed by atoms with Crippen LogP contribution in [0.1, 0.15) is 0 Å². The van der Waals surface area contributed by atoms with Gasteiger partial charge in [-0.1, -0.05) is 12.2 Å². The Hall–Kier alpha value is -0.720. The van der Waals surface area contributed by atoms with Gasteiger partial charge in [-0.3, -0.25) is 0 Å². The highest BCUT2D eigenvalue weighted by Gasteiger charge is 2.08. The monoisotopic (exact) mass is 141 g/mol. The van der Waals surface area contributed by atoms with Gasteiger partial charge < -0.3 is 5.11 Å². The maximum absolute atomic E-state index is 8.92. The van der Waals surface area contributed by atoms with E-state index in [1.165, 1.54) is 0 Å². The second-order valence-electron chi connectivity index (χ2n) is 1.63. The molecule has 9 heavy (non-hydrogen) atoms. The van der Waals surface area contributed by atoms with Crippen LogP contribution >= 0.6 is 10.9 Å².